The first-order valence-corrected chi connectivity index (χ1v) is 11.2. The van der Waals surface area contributed by atoms with Gasteiger partial charge < -0.3 is 15.0 Å². The van der Waals surface area contributed by atoms with E-state index in [2.05, 4.69) is 54.3 Å². The van der Waals surface area contributed by atoms with Crippen molar-refractivity contribution >= 4 is 18.2 Å². The average molecular weight is 437 g/mol. The van der Waals surface area contributed by atoms with Crippen LogP contribution in [0.25, 0.3) is 0 Å². The molecule has 4 nitrogen and oxygen atoms in total. The zero-order chi connectivity index (χ0) is 24.2. The number of carbonyl (C=O) groups excluding carboxylic acids is 1. The smallest absolute Gasteiger partial charge is 0.159 e. The van der Waals surface area contributed by atoms with Crippen molar-refractivity contribution in [1.82, 2.24) is 0 Å². The Morgan fingerprint density at radius 2 is 1.81 bits per heavy atom. The summed E-state index contributed by atoms with van der Waals surface area (Å²) in [5.74, 6) is 0.989. The number of ketones is 1. The molecule has 0 spiro atoms. The third-order valence-electron chi connectivity index (χ3n) is 4.11. The lowest BCUT2D eigenvalue weighted by molar-refractivity contribution is -0.114. The first-order valence-electron chi connectivity index (χ1n) is 11.2. The molecule has 0 aliphatic heterocycles. The minimum atomic E-state index is 0.126. The number of nitrogens with one attached hydrogen (secondary N) is 1. The van der Waals surface area contributed by atoms with Gasteiger partial charge in [0, 0.05) is 25.7 Å². The van der Waals surface area contributed by atoms with E-state index in [-0.39, 0.29) is 5.78 Å². The quantitative estimate of drug-likeness (QED) is 0.252. The molecule has 0 fully saturated rings. The van der Waals surface area contributed by atoms with Crippen molar-refractivity contribution < 1.29 is 9.53 Å². The summed E-state index contributed by atoms with van der Waals surface area (Å²) in [6, 6.07) is 16.3. The summed E-state index contributed by atoms with van der Waals surface area (Å²) in [4.78, 5) is 15.3. The Kier molecular flexibility index (Phi) is 16.8. The summed E-state index contributed by atoms with van der Waals surface area (Å²) < 4.78 is 5.42. The van der Waals surface area contributed by atoms with Gasteiger partial charge in [0.05, 0.1) is 6.61 Å². The molecule has 32 heavy (non-hydrogen) atoms. The van der Waals surface area contributed by atoms with Crippen molar-refractivity contribution in [2.75, 3.05) is 25.5 Å². The molecule has 0 unspecified atom stereocenters. The maximum atomic E-state index is 12.1. The van der Waals surface area contributed by atoms with Gasteiger partial charge in [0.15, 0.2) is 5.78 Å². The fourth-order valence-corrected chi connectivity index (χ4v) is 2.74. The molecular weight excluding hydrogens is 396 g/mol. The molecule has 2 aromatic rings. The molecule has 1 N–H and O–H groups in total. The van der Waals surface area contributed by atoms with Crippen LogP contribution in [0.5, 0.6) is 5.75 Å². The van der Waals surface area contributed by atoms with Crippen LogP contribution in [0, 0.1) is 6.92 Å². The second-order valence-corrected chi connectivity index (χ2v) is 6.94. The number of rotatable bonds is 10. The van der Waals surface area contributed by atoms with Crippen LogP contribution in [0.2, 0.25) is 0 Å². The SMILES string of the molecule is C=NC.CC.CCOc1ccc(NC/C=C/C(=O)C/C(C)=C\Cc2cccc(C)c2)cc1. The van der Waals surface area contributed by atoms with Crippen LogP contribution < -0.4 is 10.1 Å². The highest BCUT2D eigenvalue weighted by Crippen LogP contribution is 2.15. The summed E-state index contributed by atoms with van der Waals surface area (Å²) in [6.45, 7) is 14.5. The van der Waals surface area contributed by atoms with E-state index >= 15 is 0 Å². The van der Waals surface area contributed by atoms with Gasteiger partial charge in [-0.1, -0.05) is 61.4 Å². The lowest BCUT2D eigenvalue weighted by Gasteiger charge is -2.06. The van der Waals surface area contributed by atoms with Gasteiger partial charge in [0.25, 0.3) is 0 Å². The van der Waals surface area contributed by atoms with Crippen molar-refractivity contribution in [3.05, 3.63) is 83.5 Å². The van der Waals surface area contributed by atoms with Gasteiger partial charge in [-0.2, -0.15) is 0 Å². The fourth-order valence-electron chi connectivity index (χ4n) is 2.74. The summed E-state index contributed by atoms with van der Waals surface area (Å²) in [5.41, 5.74) is 4.64. The van der Waals surface area contributed by atoms with Crippen LogP contribution in [0.3, 0.4) is 0 Å². The molecule has 0 saturated heterocycles. The summed E-state index contributed by atoms with van der Waals surface area (Å²) in [5, 5.41) is 3.27. The van der Waals surface area contributed by atoms with E-state index in [0.29, 0.717) is 19.6 Å². The van der Waals surface area contributed by atoms with E-state index in [4.69, 9.17) is 4.74 Å². The number of anilines is 1. The van der Waals surface area contributed by atoms with Gasteiger partial charge in [-0.3, -0.25) is 4.79 Å². The van der Waals surface area contributed by atoms with Gasteiger partial charge in [-0.05, 0) is 69.8 Å². The first kappa shape index (κ1) is 28.9. The van der Waals surface area contributed by atoms with Crippen LogP contribution in [0.4, 0.5) is 5.69 Å². The average Bonchev–Trinajstić information content (AvgIpc) is 2.79. The van der Waals surface area contributed by atoms with Gasteiger partial charge in [-0.25, -0.2) is 0 Å². The Bertz CT molecular complexity index is 837. The topological polar surface area (TPSA) is 50.7 Å². The van der Waals surface area contributed by atoms with Gasteiger partial charge in [0.2, 0.25) is 0 Å². The molecule has 0 aliphatic carbocycles. The second kappa shape index (κ2) is 18.6. The monoisotopic (exact) mass is 436 g/mol. The number of carbonyl (C=O) groups is 1. The Labute approximate surface area is 195 Å². The van der Waals surface area contributed by atoms with Gasteiger partial charge in [0.1, 0.15) is 5.75 Å². The highest BCUT2D eigenvalue weighted by Gasteiger charge is 1.99. The lowest BCUT2D eigenvalue weighted by atomic mass is 10.0. The Balaban J connectivity index is 0.00000177. The highest BCUT2D eigenvalue weighted by atomic mass is 16.5. The molecule has 0 heterocycles. The third-order valence-corrected chi connectivity index (χ3v) is 4.11. The molecule has 0 aromatic heterocycles. The largest absolute Gasteiger partial charge is 0.494 e. The standard InChI is InChI=1S/C24H29NO2.C2H5N.C2H6/c1-4-27-24-14-12-22(13-15-24)25-16-6-9-23(26)18-20(3)10-11-21-8-5-7-19(2)17-21;1-3-2;1-2/h5-10,12-15,17,25H,4,11,16,18H2,1-3H3;1H2,2H3;1-2H3/b9-6+,20-10-;;. The molecule has 4 heteroatoms. The van der Waals surface area contributed by atoms with E-state index < -0.39 is 0 Å². The first-order chi connectivity index (χ1) is 15.5. The molecule has 2 rings (SSSR count). The van der Waals surface area contributed by atoms with E-state index in [1.54, 1.807) is 13.1 Å². The van der Waals surface area contributed by atoms with E-state index in [1.165, 1.54) is 11.1 Å². The number of ether oxygens (including phenoxy) is 1. The maximum Gasteiger partial charge on any atom is 0.159 e. The molecule has 0 bridgehead atoms. The minimum absolute atomic E-state index is 0.126. The minimum Gasteiger partial charge on any atom is -0.494 e. The summed E-state index contributed by atoms with van der Waals surface area (Å²) >= 11 is 0. The van der Waals surface area contributed by atoms with Gasteiger partial charge in [-0.15, -0.1) is 0 Å². The number of hydrogen-bond acceptors (Lipinski definition) is 4. The van der Waals surface area contributed by atoms with E-state index in [1.807, 2.05) is 58.0 Å². The highest BCUT2D eigenvalue weighted by molar-refractivity contribution is 5.91. The Hall–Kier alpha value is -3.14. The fraction of sp³-hybridized carbons (Fsp3) is 0.357. The van der Waals surface area contributed by atoms with E-state index in [0.717, 1.165) is 23.4 Å². The normalized spacial score (nSPS) is 10.4. The second-order valence-electron chi connectivity index (χ2n) is 6.94. The van der Waals surface area contributed by atoms with Gasteiger partial charge >= 0.3 is 0 Å². The molecule has 0 atom stereocenters. The zero-order valence-electron chi connectivity index (χ0n) is 20.7. The summed E-state index contributed by atoms with van der Waals surface area (Å²) in [7, 11) is 1.64. The molecule has 0 amide bonds. The zero-order valence-corrected chi connectivity index (χ0v) is 20.7. The number of hydrogen-bond donors (Lipinski definition) is 1. The molecule has 0 saturated carbocycles. The third kappa shape index (κ3) is 14.0. The molecule has 174 valence electrons. The van der Waals surface area contributed by atoms with Crippen molar-refractivity contribution in [3.8, 4) is 5.75 Å². The van der Waals surface area contributed by atoms with Crippen molar-refractivity contribution in [1.29, 1.82) is 0 Å². The maximum absolute atomic E-state index is 12.1. The predicted molar refractivity (Wildman–Crippen MR) is 140 cm³/mol. The van der Waals surface area contributed by atoms with Crippen molar-refractivity contribution in [2.24, 2.45) is 4.99 Å². The number of aliphatic imine (C=N–C) groups is 1. The van der Waals surface area contributed by atoms with Crippen LogP contribution >= 0.6 is 0 Å². The van der Waals surface area contributed by atoms with Crippen molar-refractivity contribution in [2.45, 2.75) is 47.5 Å². The molecular formula is C28H40N2O2. The van der Waals surface area contributed by atoms with Crippen LogP contribution in [0.1, 0.15) is 45.2 Å². The number of nitrogens with zero attached hydrogens (tertiary/aromatic N) is 1. The molecule has 2 aromatic carbocycles. The Morgan fingerprint density at radius 3 is 2.41 bits per heavy atom. The predicted octanol–water partition coefficient (Wildman–Crippen LogP) is 6.85. The molecule has 0 radical (unpaired) electrons. The van der Waals surface area contributed by atoms with Crippen molar-refractivity contribution in [3.63, 3.8) is 0 Å². The molecule has 0 aliphatic rings. The van der Waals surface area contributed by atoms with Crippen LogP contribution in [-0.2, 0) is 11.2 Å². The number of allylic oxidation sites excluding steroid dienone is 3. The Morgan fingerprint density at radius 1 is 1.16 bits per heavy atom. The number of benzene rings is 2. The van der Waals surface area contributed by atoms with Crippen LogP contribution in [0.15, 0.2) is 77.3 Å². The lowest BCUT2D eigenvalue weighted by Crippen LogP contribution is -2.00. The van der Waals surface area contributed by atoms with E-state index in [9.17, 15) is 4.79 Å². The summed E-state index contributed by atoms with van der Waals surface area (Å²) in [6.07, 6.45) is 6.99. The van der Waals surface area contributed by atoms with Crippen LogP contribution in [-0.4, -0.2) is 32.7 Å². The number of aryl methyl sites for hydroxylation is 1.